The number of hydrogen-bond acceptors (Lipinski definition) is 6. The van der Waals surface area contributed by atoms with Crippen molar-refractivity contribution in [1.82, 2.24) is 9.29 Å². The van der Waals surface area contributed by atoms with Gasteiger partial charge in [-0.25, -0.2) is 17.9 Å². The number of sulfonamides is 1. The Balaban J connectivity index is 1.66. The van der Waals surface area contributed by atoms with Gasteiger partial charge in [0, 0.05) is 19.7 Å². The number of oxazole rings is 1. The van der Waals surface area contributed by atoms with Crippen LogP contribution in [0.15, 0.2) is 56.6 Å². The van der Waals surface area contributed by atoms with Crippen LogP contribution in [0.5, 0.6) is 11.5 Å². The molecule has 1 heterocycles. The van der Waals surface area contributed by atoms with Crippen molar-refractivity contribution in [1.29, 1.82) is 0 Å². The summed E-state index contributed by atoms with van der Waals surface area (Å²) >= 11 is 0. The predicted octanol–water partition coefficient (Wildman–Crippen LogP) is 1.50. The number of rotatable bonds is 7. The third kappa shape index (κ3) is 3.58. The highest BCUT2D eigenvalue weighted by molar-refractivity contribution is 7.89. The number of aryl methyl sites for hydroxylation is 1. The first kappa shape index (κ1) is 18.0. The number of benzene rings is 2. The van der Waals surface area contributed by atoms with E-state index in [1.54, 1.807) is 25.2 Å². The molecule has 1 aromatic heterocycles. The van der Waals surface area contributed by atoms with Gasteiger partial charge >= 0.3 is 5.76 Å². The molecule has 0 radical (unpaired) electrons. The molecule has 0 fully saturated rings. The summed E-state index contributed by atoms with van der Waals surface area (Å²) in [5, 5.41) is 0. The SMILES string of the molecule is COc1ccccc1OCCNS(=O)(=O)c1ccc2c(c1)oc(=O)n2C. The lowest BCUT2D eigenvalue weighted by Crippen LogP contribution is -2.28. The van der Waals surface area contributed by atoms with E-state index in [1.165, 1.54) is 29.9 Å². The molecule has 0 aliphatic rings. The maximum Gasteiger partial charge on any atom is 0.419 e. The van der Waals surface area contributed by atoms with Gasteiger partial charge in [0.15, 0.2) is 17.1 Å². The summed E-state index contributed by atoms with van der Waals surface area (Å²) in [4.78, 5) is 11.5. The zero-order valence-electron chi connectivity index (χ0n) is 14.3. The van der Waals surface area contributed by atoms with Crippen LogP contribution in [0, 0.1) is 0 Å². The number of nitrogens with zero attached hydrogens (tertiary/aromatic N) is 1. The fraction of sp³-hybridized carbons (Fsp3) is 0.235. The van der Waals surface area contributed by atoms with Crippen molar-refractivity contribution in [2.24, 2.45) is 7.05 Å². The van der Waals surface area contributed by atoms with Gasteiger partial charge in [0.05, 0.1) is 17.5 Å². The van der Waals surface area contributed by atoms with Crippen LogP contribution in [0.3, 0.4) is 0 Å². The molecule has 0 aliphatic carbocycles. The Morgan fingerprint density at radius 1 is 1.15 bits per heavy atom. The summed E-state index contributed by atoms with van der Waals surface area (Å²) in [7, 11) is -0.676. The first-order chi connectivity index (χ1) is 12.4. The lowest BCUT2D eigenvalue weighted by Gasteiger charge is -2.11. The number of aromatic nitrogens is 1. The highest BCUT2D eigenvalue weighted by Gasteiger charge is 2.16. The summed E-state index contributed by atoms with van der Waals surface area (Å²) in [5.41, 5.74) is 0.735. The van der Waals surface area contributed by atoms with Gasteiger partial charge in [0.25, 0.3) is 0 Å². The summed E-state index contributed by atoms with van der Waals surface area (Å²) < 4.78 is 44.2. The zero-order valence-corrected chi connectivity index (χ0v) is 15.1. The molecular formula is C17H18N2O6S. The van der Waals surface area contributed by atoms with Gasteiger partial charge in [0.2, 0.25) is 10.0 Å². The Labute approximate surface area is 150 Å². The fourth-order valence-electron chi connectivity index (χ4n) is 2.44. The van der Waals surface area contributed by atoms with Crippen LogP contribution in [0.25, 0.3) is 11.1 Å². The minimum atomic E-state index is -3.76. The summed E-state index contributed by atoms with van der Waals surface area (Å²) in [5.74, 6) is 0.550. The van der Waals surface area contributed by atoms with E-state index in [2.05, 4.69) is 4.72 Å². The van der Waals surface area contributed by atoms with Crippen LogP contribution in [0.1, 0.15) is 0 Å². The Hall–Kier alpha value is -2.78. The second kappa shape index (κ2) is 7.22. The minimum absolute atomic E-state index is 0.0108. The molecule has 0 unspecified atom stereocenters. The number of para-hydroxylation sites is 2. The molecule has 0 amide bonds. The maximum absolute atomic E-state index is 12.4. The van der Waals surface area contributed by atoms with Crippen molar-refractivity contribution in [3.05, 3.63) is 53.0 Å². The molecule has 0 atom stereocenters. The van der Waals surface area contributed by atoms with Crippen LogP contribution in [0.4, 0.5) is 0 Å². The van der Waals surface area contributed by atoms with Crippen molar-refractivity contribution >= 4 is 21.1 Å². The number of fused-ring (bicyclic) bond motifs is 1. The standard InChI is InChI=1S/C17H18N2O6S/c1-19-13-8-7-12(11-16(13)25-17(19)20)26(21,22)18-9-10-24-15-6-4-3-5-14(15)23-2/h3-8,11,18H,9-10H2,1-2H3. The molecule has 0 aliphatic heterocycles. The van der Waals surface area contributed by atoms with E-state index in [9.17, 15) is 13.2 Å². The summed E-state index contributed by atoms with van der Waals surface area (Å²) in [6.07, 6.45) is 0. The molecule has 9 heteroatoms. The quantitative estimate of drug-likeness (QED) is 0.626. The van der Waals surface area contributed by atoms with Crippen LogP contribution < -0.4 is 20.0 Å². The van der Waals surface area contributed by atoms with Crippen LogP contribution in [-0.2, 0) is 17.1 Å². The van der Waals surface area contributed by atoms with E-state index < -0.39 is 15.8 Å². The monoisotopic (exact) mass is 378 g/mol. The second-order valence-corrected chi connectivity index (χ2v) is 7.22. The number of methoxy groups -OCH3 is 1. The Kier molecular flexibility index (Phi) is 5.01. The highest BCUT2D eigenvalue weighted by Crippen LogP contribution is 2.25. The molecule has 1 N–H and O–H groups in total. The molecule has 2 aromatic carbocycles. The van der Waals surface area contributed by atoms with E-state index in [-0.39, 0.29) is 23.6 Å². The van der Waals surface area contributed by atoms with Gasteiger partial charge in [0.1, 0.15) is 6.61 Å². The molecule has 138 valence electrons. The van der Waals surface area contributed by atoms with Crippen molar-refractivity contribution in [3.8, 4) is 11.5 Å². The van der Waals surface area contributed by atoms with Gasteiger partial charge in [-0.1, -0.05) is 12.1 Å². The third-order valence-electron chi connectivity index (χ3n) is 3.79. The largest absolute Gasteiger partial charge is 0.493 e. The van der Waals surface area contributed by atoms with Gasteiger partial charge in [-0.05, 0) is 24.3 Å². The lowest BCUT2D eigenvalue weighted by atomic mass is 10.3. The number of nitrogens with one attached hydrogen (secondary N) is 1. The molecule has 3 aromatic rings. The van der Waals surface area contributed by atoms with E-state index in [4.69, 9.17) is 13.9 Å². The fourth-order valence-corrected chi connectivity index (χ4v) is 3.47. The molecule has 0 spiro atoms. The predicted molar refractivity (Wildman–Crippen MR) is 95.1 cm³/mol. The highest BCUT2D eigenvalue weighted by atomic mass is 32.2. The first-order valence-corrected chi connectivity index (χ1v) is 9.26. The van der Waals surface area contributed by atoms with E-state index in [0.29, 0.717) is 17.0 Å². The van der Waals surface area contributed by atoms with Crippen molar-refractivity contribution in [2.45, 2.75) is 4.90 Å². The zero-order chi connectivity index (χ0) is 18.7. The van der Waals surface area contributed by atoms with E-state index >= 15 is 0 Å². The Morgan fingerprint density at radius 2 is 1.88 bits per heavy atom. The van der Waals surface area contributed by atoms with E-state index in [0.717, 1.165) is 0 Å². The average Bonchev–Trinajstić information content (AvgIpc) is 2.92. The van der Waals surface area contributed by atoms with Gasteiger partial charge < -0.3 is 13.9 Å². The van der Waals surface area contributed by atoms with Gasteiger partial charge in [-0.2, -0.15) is 0 Å². The van der Waals surface area contributed by atoms with Crippen LogP contribution in [-0.4, -0.2) is 33.2 Å². The van der Waals surface area contributed by atoms with Gasteiger partial charge in [-0.15, -0.1) is 0 Å². The molecule has 26 heavy (non-hydrogen) atoms. The minimum Gasteiger partial charge on any atom is -0.493 e. The average molecular weight is 378 g/mol. The van der Waals surface area contributed by atoms with Crippen molar-refractivity contribution in [3.63, 3.8) is 0 Å². The maximum atomic E-state index is 12.4. The summed E-state index contributed by atoms with van der Waals surface area (Å²) in [6, 6.07) is 11.4. The number of ether oxygens (including phenoxy) is 2. The second-order valence-electron chi connectivity index (χ2n) is 5.45. The number of hydrogen-bond donors (Lipinski definition) is 1. The Morgan fingerprint density at radius 3 is 2.62 bits per heavy atom. The van der Waals surface area contributed by atoms with Crippen molar-refractivity contribution < 1.29 is 22.3 Å². The summed E-state index contributed by atoms with van der Waals surface area (Å²) in [6.45, 7) is 0.194. The molecule has 3 rings (SSSR count). The topological polar surface area (TPSA) is 99.8 Å². The molecule has 0 saturated heterocycles. The first-order valence-electron chi connectivity index (χ1n) is 7.77. The smallest absolute Gasteiger partial charge is 0.419 e. The molecule has 0 bridgehead atoms. The van der Waals surface area contributed by atoms with Crippen molar-refractivity contribution in [2.75, 3.05) is 20.3 Å². The Bertz CT molecular complexity index is 1080. The van der Waals surface area contributed by atoms with E-state index in [1.807, 2.05) is 6.07 Å². The third-order valence-corrected chi connectivity index (χ3v) is 5.25. The molecular weight excluding hydrogens is 360 g/mol. The molecule has 0 saturated carbocycles. The normalized spacial score (nSPS) is 11.6. The van der Waals surface area contributed by atoms with Crippen LogP contribution in [0.2, 0.25) is 0 Å². The van der Waals surface area contributed by atoms with Gasteiger partial charge in [-0.3, -0.25) is 4.57 Å². The lowest BCUT2D eigenvalue weighted by molar-refractivity contribution is 0.299. The van der Waals surface area contributed by atoms with Crippen LogP contribution >= 0.6 is 0 Å². The molecule has 8 nitrogen and oxygen atoms in total.